The Hall–Kier alpha value is -5.39. The predicted molar refractivity (Wildman–Crippen MR) is 143 cm³/mol. The second-order valence-corrected chi connectivity index (χ2v) is 8.26. The lowest BCUT2D eigenvalue weighted by Gasteiger charge is -2.26. The third-order valence-electron chi connectivity index (χ3n) is 5.74. The normalized spacial score (nSPS) is 11.6. The molecule has 0 fully saturated rings. The van der Waals surface area contributed by atoms with Crippen molar-refractivity contribution in [3.05, 3.63) is 84.8 Å². The number of benzene rings is 2. The molecule has 38 heavy (non-hydrogen) atoms. The summed E-state index contributed by atoms with van der Waals surface area (Å²) in [7, 11) is 1.73. The molecule has 12 heteroatoms. The van der Waals surface area contributed by atoms with Crippen LogP contribution in [0.5, 0.6) is 0 Å². The van der Waals surface area contributed by atoms with Gasteiger partial charge < -0.3 is 26.3 Å². The smallest absolute Gasteiger partial charge is 0.252 e. The molecule has 0 saturated carbocycles. The average Bonchev–Trinajstić information content (AvgIpc) is 3.39. The van der Waals surface area contributed by atoms with E-state index >= 15 is 0 Å². The molecule has 0 bridgehead atoms. The standard InChI is InChI=1S/C26H24N10O2/c1-28-25-29-13-10-19(35-25)23-32-18-9-8-16(14-20(18)33-23)24(38)34-21(22(27)37)15-36(17-6-3-2-4-7-17)26-30-11-5-12-31-26/h2-14,21H,15H2,1H3,(H2,27,37)(H,32,33)(H,34,38)(H,28,29,35). The van der Waals surface area contributed by atoms with E-state index in [1.54, 1.807) is 60.9 Å². The number of H-pyrrole nitrogens is 1. The fourth-order valence-electron chi connectivity index (χ4n) is 3.85. The zero-order valence-corrected chi connectivity index (χ0v) is 20.4. The third-order valence-corrected chi connectivity index (χ3v) is 5.74. The summed E-state index contributed by atoms with van der Waals surface area (Å²) in [5, 5.41) is 5.63. The van der Waals surface area contributed by atoms with Crippen molar-refractivity contribution in [3.8, 4) is 11.5 Å². The van der Waals surface area contributed by atoms with Crippen molar-refractivity contribution in [3.63, 3.8) is 0 Å². The Morgan fingerprint density at radius 1 is 0.974 bits per heavy atom. The Morgan fingerprint density at radius 3 is 2.50 bits per heavy atom. The molecule has 0 aliphatic rings. The van der Waals surface area contributed by atoms with Crippen LogP contribution in [0.2, 0.25) is 0 Å². The van der Waals surface area contributed by atoms with Gasteiger partial charge in [-0.1, -0.05) is 18.2 Å². The van der Waals surface area contributed by atoms with Crippen LogP contribution in [-0.4, -0.2) is 61.4 Å². The van der Waals surface area contributed by atoms with Gasteiger partial charge in [-0.05, 0) is 42.5 Å². The van der Waals surface area contributed by atoms with Crippen LogP contribution in [0, 0.1) is 0 Å². The van der Waals surface area contributed by atoms with Crippen molar-refractivity contribution >= 4 is 40.4 Å². The molecule has 12 nitrogen and oxygen atoms in total. The van der Waals surface area contributed by atoms with Gasteiger partial charge in [-0.15, -0.1) is 0 Å². The van der Waals surface area contributed by atoms with Gasteiger partial charge in [0.1, 0.15) is 11.7 Å². The lowest BCUT2D eigenvalue weighted by Crippen LogP contribution is -2.50. The second-order valence-electron chi connectivity index (χ2n) is 8.26. The number of aromatic amines is 1. The number of carbonyl (C=O) groups excluding carboxylic acids is 2. The van der Waals surface area contributed by atoms with Crippen LogP contribution in [0.1, 0.15) is 10.4 Å². The number of hydrogen-bond acceptors (Lipinski definition) is 9. The highest BCUT2D eigenvalue weighted by Crippen LogP contribution is 2.23. The van der Waals surface area contributed by atoms with E-state index in [2.05, 4.69) is 40.5 Å². The van der Waals surface area contributed by atoms with Gasteiger partial charge in [0.2, 0.25) is 17.8 Å². The first-order valence-corrected chi connectivity index (χ1v) is 11.7. The number of nitrogens with one attached hydrogen (secondary N) is 3. The maximum Gasteiger partial charge on any atom is 0.252 e. The molecule has 1 unspecified atom stereocenters. The monoisotopic (exact) mass is 508 g/mol. The summed E-state index contributed by atoms with van der Waals surface area (Å²) in [6.07, 6.45) is 4.83. The zero-order valence-electron chi connectivity index (χ0n) is 20.4. The molecule has 1 atom stereocenters. The number of fused-ring (bicyclic) bond motifs is 1. The van der Waals surface area contributed by atoms with E-state index < -0.39 is 17.9 Å². The van der Waals surface area contributed by atoms with Crippen LogP contribution in [-0.2, 0) is 4.79 Å². The maximum atomic E-state index is 13.2. The summed E-state index contributed by atoms with van der Waals surface area (Å²) in [5.41, 5.74) is 8.66. The minimum absolute atomic E-state index is 0.0331. The summed E-state index contributed by atoms with van der Waals surface area (Å²) in [5.74, 6) is 0.207. The van der Waals surface area contributed by atoms with Crippen LogP contribution in [0.25, 0.3) is 22.6 Å². The Bertz CT molecular complexity index is 1530. The molecule has 3 heterocycles. The van der Waals surface area contributed by atoms with Crippen molar-refractivity contribution < 1.29 is 9.59 Å². The minimum Gasteiger partial charge on any atom is -0.368 e. The lowest BCUT2D eigenvalue weighted by molar-refractivity contribution is -0.119. The van der Waals surface area contributed by atoms with Crippen LogP contribution in [0.3, 0.4) is 0 Å². The summed E-state index contributed by atoms with van der Waals surface area (Å²) in [6.45, 7) is 0.0331. The summed E-state index contributed by atoms with van der Waals surface area (Å²) < 4.78 is 0. The van der Waals surface area contributed by atoms with Crippen LogP contribution in [0.4, 0.5) is 17.6 Å². The molecular weight excluding hydrogens is 484 g/mol. The average molecular weight is 509 g/mol. The number of aromatic nitrogens is 6. The topological polar surface area (TPSA) is 168 Å². The molecule has 0 aliphatic heterocycles. The van der Waals surface area contributed by atoms with Gasteiger partial charge in [-0.25, -0.2) is 24.9 Å². The van der Waals surface area contributed by atoms with Gasteiger partial charge in [0.15, 0.2) is 5.82 Å². The molecule has 0 aliphatic carbocycles. The predicted octanol–water partition coefficient (Wildman–Crippen LogP) is 2.27. The minimum atomic E-state index is -1.03. The van der Waals surface area contributed by atoms with Crippen molar-refractivity contribution in [2.75, 3.05) is 23.8 Å². The molecule has 0 spiro atoms. The van der Waals surface area contributed by atoms with Crippen molar-refractivity contribution in [1.29, 1.82) is 0 Å². The largest absolute Gasteiger partial charge is 0.368 e. The highest BCUT2D eigenvalue weighted by atomic mass is 16.2. The SMILES string of the molecule is CNc1nccc(-c2nc3cc(C(=O)NC(CN(c4ccccc4)c4ncccn4)C(N)=O)ccc3[nH]2)n1. The highest BCUT2D eigenvalue weighted by molar-refractivity contribution is 6.00. The first-order valence-electron chi connectivity index (χ1n) is 11.7. The number of imidazole rings is 1. The van der Waals surface area contributed by atoms with Gasteiger partial charge in [-0.2, -0.15) is 0 Å². The molecule has 5 rings (SSSR count). The van der Waals surface area contributed by atoms with Crippen molar-refractivity contribution in [2.24, 2.45) is 5.73 Å². The maximum absolute atomic E-state index is 13.2. The molecule has 2 amide bonds. The number of nitrogens with zero attached hydrogens (tertiary/aromatic N) is 6. The molecule has 5 N–H and O–H groups in total. The van der Waals surface area contributed by atoms with Gasteiger partial charge >= 0.3 is 0 Å². The molecule has 2 aromatic carbocycles. The zero-order chi connectivity index (χ0) is 26.5. The fraction of sp³-hybridized carbons (Fsp3) is 0.115. The number of anilines is 3. The number of primary amides is 1. The number of hydrogen-bond donors (Lipinski definition) is 4. The Balaban J connectivity index is 1.38. The van der Waals surface area contributed by atoms with E-state index in [9.17, 15) is 9.59 Å². The van der Waals surface area contributed by atoms with Crippen LogP contribution < -0.4 is 21.3 Å². The van der Waals surface area contributed by atoms with E-state index in [-0.39, 0.29) is 6.54 Å². The van der Waals surface area contributed by atoms with E-state index in [1.807, 2.05) is 30.3 Å². The second kappa shape index (κ2) is 10.7. The number of carbonyl (C=O) groups is 2. The first kappa shape index (κ1) is 24.3. The molecular formula is C26H24N10O2. The Labute approximate surface area is 217 Å². The molecule has 3 aromatic heterocycles. The Kier molecular flexibility index (Phi) is 6.85. The van der Waals surface area contributed by atoms with Crippen molar-refractivity contribution in [2.45, 2.75) is 6.04 Å². The quantitative estimate of drug-likeness (QED) is 0.233. The van der Waals surface area contributed by atoms with Crippen molar-refractivity contribution in [1.82, 2.24) is 35.2 Å². The molecule has 190 valence electrons. The van der Waals surface area contributed by atoms with Crippen LogP contribution >= 0.6 is 0 Å². The van der Waals surface area contributed by atoms with Gasteiger partial charge in [-0.3, -0.25) is 9.59 Å². The van der Waals surface area contributed by atoms with Gasteiger partial charge in [0, 0.05) is 36.9 Å². The Morgan fingerprint density at radius 2 is 1.76 bits per heavy atom. The number of nitrogens with two attached hydrogens (primary N) is 1. The van der Waals surface area contributed by atoms with Gasteiger partial charge in [0.25, 0.3) is 5.91 Å². The summed E-state index contributed by atoms with van der Waals surface area (Å²) in [4.78, 5) is 52.2. The summed E-state index contributed by atoms with van der Waals surface area (Å²) >= 11 is 0. The van der Waals surface area contributed by atoms with Crippen LogP contribution in [0.15, 0.2) is 79.3 Å². The lowest BCUT2D eigenvalue weighted by atomic mass is 10.1. The number of rotatable bonds is 9. The van der Waals surface area contributed by atoms with E-state index in [0.717, 1.165) is 11.2 Å². The van der Waals surface area contributed by atoms with Gasteiger partial charge in [0.05, 0.1) is 17.6 Å². The van der Waals surface area contributed by atoms with E-state index in [4.69, 9.17) is 5.73 Å². The van der Waals surface area contributed by atoms with E-state index in [0.29, 0.717) is 34.5 Å². The highest BCUT2D eigenvalue weighted by Gasteiger charge is 2.25. The third kappa shape index (κ3) is 5.23. The van der Waals surface area contributed by atoms with E-state index in [1.165, 1.54) is 0 Å². The molecule has 0 saturated heterocycles. The summed E-state index contributed by atoms with van der Waals surface area (Å²) in [6, 6.07) is 16.7. The first-order chi connectivity index (χ1) is 18.5. The fourth-order valence-corrected chi connectivity index (χ4v) is 3.85. The number of amides is 2. The number of para-hydroxylation sites is 1. The molecule has 5 aromatic rings. The molecule has 0 radical (unpaired) electrons.